The number of ketones is 1. The SMILES string of the molecule is COc1cc(C(C)=O)c(NC(=O)COC(C)=O)cn1. The predicted molar refractivity (Wildman–Crippen MR) is 66.1 cm³/mol. The highest BCUT2D eigenvalue weighted by Gasteiger charge is 2.13. The second kappa shape index (κ2) is 6.48. The second-order valence-electron chi connectivity index (χ2n) is 3.66. The first-order valence-electron chi connectivity index (χ1n) is 5.42. The van der Waals surface area contributed by atoms with Gasteiger partial charge in [0.05, 0.1) is 19.0 Å². The highest BCUT2D eigenvalue weighted by Crippen LogP contribution is 2.19. The lowest BCUT2D eigenvalue weighted by atomic mass is 10.1. The summed E-state index contributed by atoms with van der Waals surface area (Å²) in [5.41, 5.74) is 0.508. The number of aromatic nitrogens is 1. The number of anilines is 1. The van der Waals surface area contributed by atoms with Crippen LogP contribution < -0.4 is 10.1 Å². The zero-order valence-electron chi connectivity index (χ0n) is 10.9. The van der Waals surface area contributed by atoms with E-state index < -0.39 is 18.5 Å². The first-order valence-corrected chi connectivity index (χ1v) is 5.42. The van der Waals surface area contributed by atoms with E-state index >= 15 is 0 Å². The molecule has 1 amide bonds. The predicted octanol–water partition coefficient (Wildman–Crippen LogP) is 0.794. The first kappa shape index (κ1) is 14.6. The molecule has 0 bridgehead atoms. The molecule has 0 aliphatic heterocycles. The number of nitrogens with zero attached hydrogens (tertiary/aromatic N) is 1. The molecule has 0 unspecified atom stereocenters. The number of Topliss-reactive ketones (excluding diaryl/α,β-unsaturated/α-hetero) is 1. The van der Waals surface area contributed by atoms with E-state index in [0.717, 1.165) is 0 Å². The number of rotatable bonds is 5. The van der Waals surface area contributed by atoms with Crippen LogP contribution in [0.2, 0.25) is 0 Å². The number of carbonyl (C=O) groups is 3. The summed E-state index contributed by atoms with van der Waals surface area (Å²) < 4.78 is 9.44. The van der Waals surface area contributed by atoms with Gasteiger partial charge in [-0.25, -0.2) is 4.98 Å². The highest BCUT2D eigenvalue weighted by atomic mass is 16.5. The topological polar surface area (TPSA) is 94.6 Å². The van der Waals surface area contributed by atoms with Gasteiger partial charge in [0, 0.05) is 18.6 Å². The lowest BCUT2D eigenvalue weighted by Crippen LogP contribution is -2.21. The van der Waals surface area contributed by atoms with Gasteiger partial charge in [-0.3, -0.25) is 14.4 Å². The van der Waals surface area contributed by atoms with Gasteiger partial charge in [0.2, 0.25) is 5.88 Å². The van der Waals surface area contributed by atoms with Crippen molar-refractivity contribution in [3.8, 4) is 5.88 Å². The zero-order valence-corrected chi connectivity index (χ0v) is 10.9. The maximum Gasteiger partial charge on any atom is 0.303 e. The van der Waals surface area contributed by atoms with Crippen LogP contribution in [0.3, 0.4) is 0 Å². The standard InChI is InChI=1S/C12H14N2O5/c1-7(15)9-4-12(18-3)13-5-10(9)14-11(17)6-19-8(2)16/h4-5H,6H2,1-3H3,(H,14,17). The minimum Gasteiger partial charge on any atom is -0.481 e. The van der Waals surface area contributed by atoms with Gasteiger partial charge in [-0.2, -0.15) is 0 Å². The summed E-state index contributed by atoms with van der Waals surface area (Å²) in [6.45, 7) is 2.14. The van der Waals surface area contributed by atoms with Gasteiger partial charge < -0.3 is 14.8 Å². The van der Waals surface area contributed by atoms with Gasteiger partial charge in [-0.15, -0.1) is 0 Å². The number of esters is 1. The number of ether oxygens (including phenoxy) is 2. The van der Waals surface area contributed by atoms with E-state index in [0.29, 0.717) is 0 Å². The van der Waals surface area contributed by atoms with Crippen LogP contribution >= 0.6 is 0 Å². The molecule has 1 aromatic rings. The molecule has 0 saturated carbocycles. The van der Waals surface area contributed by atoms with Crippen LogP contribution in [0.1, 0.15) is 24.2 Å². The Balaban J connectivity index is 2.85. The quantitative estimate of drug-likeness (QED) is 0.625. The molecule has 0 radical (unpaired) electrons. The number of amides is 1. The number of nitrogens with one attached hydrogen (secondary N) is 1. The molecule has 0 aliphatic rings. The smallest absolute Gasteiger partial charge is 0.303 e. The lowest BCUT2D eigenvalue weighted by molar-refractivity contribution is -0.144. The van der Waals surface area contributed by atoms with Gasteiger partial charge in [-0.1, -0.05) is 0 Å². The van der Waals surface area contributed by atoms with Gasteiger partial charge in [0.15, 0.2) is 12.4 Å². The third kappa shape index (κ3) is 4.38. The molecule has 7 heteroatoms. The molecule has 102 valence electrons. The summed E-state index contributed by atoms with van der Waals surface area (Å²) in [7, 11) is 1.42. The molecule has 19 heavy (non-hydrogen) atoms. The average molecular weight is 266 g/mol. The third-order valence-corrected chi connectivity index (χ3v) is 2.15. The van der Waals surface area contributed by atoms with Crippen molar-refractivity contribution in [3.63, 3.8) is 0 Å². The fraction of sp³-hybridized carbons (Fsp3) is 0.333. The third-order valence-electron chi connectivity index (χ3n) is 2.15. The number of pyridine rings is 1. The molecule has 7 nitrogen and oxygen atoms in total. The van der Waals surface area contributed by atoms with E-state index in [1.165, 1.54) is 33.2 Å². The molecular formula is C12H14N2O5. The van der Waals surface area contributed by atoms with E-state index in [1.807, 2.05) is 0 Å². The molecule has 0 fully saturated rings. The Hall–Kier alpha value is -2.44. The molecule has 1 N–H and O–H groups in total. The van der Waals surface area contributed by atoms with Crippen molar-refractivity contribution in [1.82, 2.24) is 4.98 Å². The monoisotopic (exact) mass is 266 g/mol. The highest BCUT2D eigenvalue weighted by molar-refractivity contribution is 6.04. The largest absolute Gasteiger partial charge is 0.481 e. The van der Waals surface area contributed by atoms with Crippen LogP contribution in [0.4, 0.5) is 5.69 Å². The molecule has 0 aliphatic carbocycles. The van der Waals surface area contributed by atoms with E-state index in [4.69, 9.17) is 4.74 Å². The van der Waals surface area contributed by atoms with Gasteiger partial charge in [0.25, 0.3) is 5.91 Å². The first-order chi connectivity index (χ1) is 8.93. The van der Waals surface area contributed by atoms with E-state index in [9.17, 15) is 14.4 Å². The Labute approximate surface area is 109 Å². The minimum absolute atomic E-state index is 0.241. The summed E-state index contributed by atoms with van der Waals surface area (Å²) >= 11 is 0. The summed E-state index contributed by atoms with van der Waals surface area (Å²) in [5.74, 6) is -1.09. The van der Waals surface area contributed by atoms with Crippen molar-refractivity contribution in [2.24, 2.45) is 0 Å². The molecule has 0 atom stereocenters. The Bertz CT molecular complexity index is 513. The van der Waals surface area contributed by atoms with Crippen LogP contribution in [0.15, 0.2) is 12.3 Å². The lowest BCUT2D eigenvalue weighted by Gasteiger charge is -2.10. The molecule has 0 saturated heterocycles. The van der Waals surface area contributed by atoms with Crippen molar-refractivity contribution < 1.29 is 23.9 Å². The summed E-state index contributed by atoms with van der Waals surface area (Å²) in [4.78, 5) is 37.4. The molecular weight excluding hydrogens is 252 g/mol. The van der Waals surface area contributed by atoms with E-state index in [2.05, 4.69) is 15.0 Å². The Morgan fingerprint density at radius 3 is 2.53 bits per heavy atom. The number of hydrogen-bond acceptors (Lipinski definition) is 6. The van der Waals surface area contributed by atoms with Crippen LogP contribution in [0, 0.1) is 0 Å². The van der Waals surface area contributed by atoms with Crippen molar-refractivity contribution in [1.29, 1.82) is 0 Å². The normalized spacial score (nSPS) is 9.63. The van der Waals surface area contributed by atoms with Crippen LogP contribution in [-0.4, -0.2) is 36.4 Å². The van der Waals surface area contributed by atoms with Crippen molar-refractivity contribution in [2.75, 3.05) is 19.0 Å². The van der Waals surface area contributed by atoms with E-state index in [1.54, 1.807) is 0 Å². The van der Waals surface area contributed by atoms with Crippen LogP contribution in [-0.2, 0) is 14.3 Å². The van der Waals surface area contributed by atoms with Crippen molar-refractivity contribution in [2.45, 2.75) is 13.8 Å². The van der Waals surface area contributed by atoms with Gasteiger partial charge in [-0.05, 0) is 6.92 Å². The molecule has 1 aromatic heterocycles. The second-order valence-corrected chi connectivity index (χ2v) is 3.66. The fourth-order valence-corrected chi connectivity index (χ4v) is 1.29. The minimum atomic E-state index is -0.560. The Kier molecular flexibility index (Phi) is 4.99. The van der Waals surface area contributed by atoms with Gasteiger partial charge >= 0.3 is 5.97 Å². The number of carbonyl (C=O) groups excluding carboxylic acids is 3. The maximum atomic E-state index is 11.5. The molecule has 1 rings (SSSR count). The Morgan fingerprint density at radius 2 is 2.00 bits per heavy atom. The summed E-state index contributed by atoms with van der Waals surface area (Å²) in [5, 5.41) is 2.44. The number of hydrogen-bond donors (Lipinski definition) is 1. The molecule has 1 heterocycles. The molecule has 0 aromatic carbocycles. The van der Waals surface area contributed by atoms with Crippen molar-refractivity contribution >= 4 is 23.3 Å². The maximum absolute atomic E-state index is 11.5. The zero-order chi connectivity index (χ0) is 14.4. The number of methoxy groups -OCH3 is 1. The molecule has 0 spiro atoms. The van der Waals surface area contributed by atoms with E-state index in [-0.39, 0.29) is 22.9 Å². The van der Waals surface area contributed by atoms with Gasteiger partial charge in [0.1, 0.15) is 0 Å². The average Bonchev–Trinajstić information content (AvgIpc) is 2.36. The Morgan fingerprint density at radius 1 is 1.32 bits per heavy atom. The summed E-state index contributed by atoms with van der Waals surface area (Å²) in [6, 6.07) is 1.42. The van der Waals surface area contributed by atoms with Crippen LogP contribution in [0.5, 0.6) is 5.88 Å². The van der Waals surface area contributed by atoms with Crippen LogP contribution in [0.25, 0.3) is 0 Å². The fourth-order valence-electron chi connectivity index (χ4n) is 1.29. The van der Waals surface area contributed by atoms with Crippen molar-refractivity contribution in [3.05, 3.63) is 17.8 Å². The summed E-state index contributed by atoms with van der Waals surface area (Å²) in [6.07, 6.45) is 1.31.